The van der Waals surface area contributed by atoms with Crippen molar-refractivity contribution in [3.63, 3.8) is 0 Å². The molecule has 0 atom stereocenters. The number of carbonyl (C=O) groups is 2. The third-order valence-corrected chi connectivity index (χ3v) is 5.54. The van der Waals surface area contributed by atoms with Gasteiger partial charge in [0.1, 0.15) is 12.3 Å². The number of nitrogens with one attached hydrogen (secondary N) is 1. The fourth-order valence-electron chi connectivity index (χ4n) is 3.15. The highest BCUT2D eigenvalue weighted by atomic mass is 32.1. The maximum absolute atomic E-state index is 12.9. The van der Waals surface area contributed by atoms with E-state index in [1.807, 2.05) is 42.5 Å². The summed E-state index contributed by atoms with van der Waals surface area (Å²) in [6, 6.07) is 13.1. The van der Waals surface area contributed by atoms with Crippen LogP contribution in [0.5, 0.6) is 5.75 Å². The van der Waals surface area contributed by atoms with Gasteiger partial charge in [0.25, 0.3) is 5.91 Å². The standard InChI is InChI=1S/C21H19N3O4S/c1-3-28-19(25)12-24-17-9-8-13(27-2)10-18(17)29-21(24)23-20(26)15-11-22-16-7-5-4-6-14(15)16/h4-11,22H,3,12H2,1-2H3. The second-order valence-electron chi connectivity index (χ2n) is 6.27. The van der Waals surface area contributed by atoms with Crippen molar-refractivity contribution >= 4 is 44.3 Å². The van der Waals surface area contributed by atoms with Gasteiger partial charge in [-0.3, -0.25) is 9.59 Å². The molecule has 0 saturated heterocycles. The number of esters is 1. The summed E-state index contributed by atoms with van der Waals surface area (Å²) in [4.78, 5) is 32.9. The maximum atomic E-state index is 12.9. The van der Waals surface area contributed by atoms with Crippen LogP contribution in [-0.4, -0.2) is 35.1 Å². The average Bonchev–Trinajstić information content (AvgIpc) is 3.29. The molecule has 0 saturated carbocycles. The number of rotatable bonds is 5. The number of aromatic amines is 1. The van der Waals surface area contributed by atoms with E-state index in [-0.39, 0.29) is 25.0 Å². The van der Waals surface area contributed by atoms with Gasteiger partial charge >= 0.3 is 5.97 Å². The number of methoxy groups -OCH3 is 1. The van der Waals surface area contributed by atoms with Crippen LogP contribution >= 0.6 is 11.3 Å². The Labute approximate surface area is 170 Å². The smallest absolute Gasteiger partial charge is 0.326 e. The Kier molecular flexibility index (Phi) is 5.18. The normalized spacial score (nSPS) is 11.9. The van der Waals surface area contributed by atoms with Gasteiger partial charge in [0.2, 0.25) is 0 Å². The molecule has 148 valence electrons. The first-order valence-electron chi connectivity index (χ1n) is 9.09. The van der Waals surface area contributed by atoms with E-state index in [0.29, 0.717) is 16.1 Å². The summed E-state index contributed by atoms with van der Waals surface area (Å²) in [5, 5.41) is 0.806. The molecule has 0 aliphatic carbocycles. The molecule has 7 nitrogen and oxygen atoms in total. The summed E-state index contributed by atoms with van der Waals surface area (Å²) in [5.41, 5.74) is 2.14. The van der Waals surface area contributed by atoms with Gasteiger partial charge in [0.15, 0.2) is 4.80 Å². The van der Waals surface area contributed by atoms with Gasteiger partial charge in [-0.15, -0.1) is 0 Å². The SMILES string of the molecule is CCOC(=O)Cn1c(=NC(=O)c2c[nH]c3ccccc23)sc2cc(OC)ccc21. The second kappa shape index (κ2) is 7.92. The van der Waals surface area contributed by atoms with Crippen LogP contribution in [0.3, 0.4) is 0 Å². The molecule has 2 aromatic carbocycles. The molecule has 1 N–H and O–H groups in total. The summed E-state index contributed by atoms with van der Waals surface area (Å²) in [5.74, 6) is -0.0702. The Bertz CT molecular complexity index is 1280. The van der Waals surface area contributed by atoms with E-state index in [9.17, 15) is 9.59 Å². The quantitative estimate of drug-likeness (QED) is 0.511. The minimum atomic E-state index is -0.385. The Morgan fingerprint density at radius 1 is 1.21 bits per heavy atom. The number of nitrogens with zero attached hydrogens (tertiary/aromatic N) is 2. The zero-order valence-electron chi connectivity index (χ0n) is 16.0. The molecule has 0 unspecified atom stereocenters. The zero-order valence-corrected chi connectivity index (χ0v) is 16.8. The summed E-state index contributed by atoms with van der Waals surface area (Å²) < 4.78 is 12.9. The highest BCUT2D eigenvalue weighted by molar-refractivity contribution is 7.16. The second-order valence-corrected chi connectivity index (χ2v) is 7.28. The van der Waals surface area contributed by atoms with E-state index in [1.165, 1.54) is 11.3 Å². The minimum Gasteiger partial charge on any atom is -0.497 e. The van der Waals surface area contributed by atoms with Crippen LogP contribution in [0.25, 0.3) is 21.1 Å². The van der Waals surface area contributed by atoms with Crippen molar-refractivity contribution in [2.24, 2.45) is 4.99 Å². The van der Waals surface area contributed by atoms with Crippen molar-refractivity contribution in [3.05, 3.63) is 59.0 Å². The summed E-state index contributed by atoms with van der Waals surface area (Å²) in [7, 11) is 1.59. The molecule has 29 heavy (non-hydrogen) atoms. The van der Waals surface area contributed by atoms with Crippen LogP contribution in [0.15, 0.2) is 53.7 Å². The lowest BCUT2D eigenvalue weighted by Gasteiger charge is -2.05. The number of para-hydroxylation sites is 1. The lowest BCUT2D eigenvalue weighted by Crippen LogP contribution is -2.23. The fourth-order valence-corrected chi connectivity index (χ4v) is 4.21. The molecule has 0 spiro atoms. The highest BCUT2D eigenvalue weighted by Gasteiger charge is 2.15. The molecule has 0 bridgehead atoms. The molecule has 0 radical (unpaired) electrons. The molecule has 2 aromatic heterocycles. The summed E-state index contributed by atoms with van der Waals surface area (Å²) in [6.45, 7) is 2.02. The van der Waals surface area contributed by atoms with Crippen LogP contribution < -0.4 is 9.54 Å². The number of hydrogen-bond donors (Lipinski definition) is 1. The van der Waals surface area contributed by atoms with Crippen molar-refractivity contribution in [1.82, 2.24) is 9.55 Å². The summed E-state index contributed by atoms with van der Waals surface area (Å²) >= 11 is 1.32. The molecule has 2 heterocycles. The molecular weight excluding hydrogens is 390 g/mol. The first kappa shape index (κ1) is 18.9. The van der Waals surface area contributed by atoms with E-state index < -0.39 is 0 Å². The van der Waals surface area contributed by atoms with E-state index >= 15 is 0 Å². The van der Waals surface area contributed by atoms with Crippen LogP contribution in [0.4, 0.5) is 0 Å². The van der Waals surface area contributed by atoms with Gasteiger partial charge in [-0.1, -0.05) is 29.5 Å². The number of carbonyl (C=O) groups excluding carboxylic acids is 2. The van der Waals surface area contributed by atoms with Crippen molar-refractivity contribution < 1.29 is 19.1 Å². The molecular formula is C21H19N3O4S. The average molecular weight is 409 g/mol. The number of thiazole rings is 1. The number of hydrogen-bond acceptors (Lipinski definition) is 5. The monoisotopic (exact) mass is 409 g/mol. The van der Waals surface area contributed by atoms with Crippen molar-refractivity contribution in [1.29, 1.82) is 0 Å². The van der Waals surface area contributed by atoms with Crippen LogP contribution in [-0.2, 0) is 16.1 Å². The number of fused-ring (bicyclic) bond motifs is 2. The molecule has 8 heteroatoms. The Balaban J connectivity index is 1.84. The molecule has 4 aromatic rings. The Hall–Kier alpha value is -3.39. The van der Waals surface area contributed by atoms with Crippen molar-refractivity contribution in [3.8, 4) is 5.75 Å². The van der Waals surface area contributed by atoms with Gasteiger partial charge in [-0.05, 0) is 31.2 Å². The topological polar surface area (TPSA) is 85.7 Å². The third-order valence-electron chi connectivity index (χ3n) is 4.50. The number of ether oxygens (including phenoxy) is 2. The zero-order chi connectivity index (χ0) is 20.4. The largest absolute Gasteiger partial charge is 0.497 e. The number of amides is 1. The van der Waals surface area contributed by atoms with Crippen molar-refractivity contribution in [2.45, 2.75) is 13.5 Å². The molecule has 4 rings (SSSR count). The van der Waals surface area contributed by atoms with Gasteiger partial charge < -0.3 is 19.0 Å². The predicted octanol–water partition coefficient (Wildman–Crippen LogP) is 3.50. The van der Waals surface area contributed by atoms with Crippen LogP contribution in [0.2, 0.25) is 0 Å². The van der Waals surface area contributed by atoms with E-state index in [2.05, 4.69) is 9.98 Å². The van der Waals surface area contributed by atoms with Gasteiger partial charge in [-0.25, -0.2) is 0 Å². The number of benzene rings is 2. The van der Waals surface area contributed by atoms with E-state index in [4.69, 9.17) is 9.47 Å². The van der Waals surface area contributed by atoms with E-state index in [0.717, 1.165) is 21.1 Å². The van der Waals surface area contributed by atoms with Crippen molar-refractivity contribution in [2.75, 3.05) is 13.7 Å². The maximum Gasteiger partial charge on any atom is 0.326 e. The van der Waals surface area contributed by atoms with Gasteiger partial charge in [0.05, 0.1) is 29.5 Å². The first-order chi connectivity index (χ1) is 14.1. The molecule has 0 aliphatic rings. The molecule has 1 amide bonds. The summed E-state index contributed by atoms with van der Waals surface area (Å²) in [6.07, 6.45) is 1.66. The van der Waals surface area contributed by atoms with Gasteiger partial charge in [-0.2, -0.15) is 4.99 Å². The Morgan fingerprint density at radius 3 is 2.83 bits per heavy atom. The predicted molar refractivity (Wildman–Crippen MR) is 111 cm³/mol. The molecule has 0 fully saturated rings. The van der Waals surface area contributed by atoms with Gasteiger partial charge in [0, 0.05) is 17.1 Å². The highest BCUT2D eigenvalue weighted by Crippen LogP contribution is 2.24. The third kappa shape index (κ3) is 3.66. The van der Waals surface area contributed by atoms with Crippen LogP contribution in [0, 0.1) is 0 Å². The first-order valence-corrected chi connectivity index (χ1v) is 9.90. The number of H-pyrrole nitrogens is 1. The van der Waals surface area contributed by atoms with Crippen LogP contribution in [0.1, 0.15) is 17.3 Å². The Morgan fingerprint density at radius 2 is 2.03 bits per heavy atom. The lowest BCUT2D eigenvalue weighted by molar-refractivity contribution is -0.143. The lowest BCUT2D eigenvalue weighted by atomic mass is 10.2. The minimum absolute atomic E-state index is 0.0276. The number of aromatic nitrogens is 2. The fraction of sp³-hybridized carbons (Fsp3) is 0.190. The molecule has 0 aliphatic heterocycles. The van der Waals surface area contributed by atoms with E-state index in [1.54, 1.807) is 24.8 Å².